The Morgan fingerprint density at radius 2 is 1.74 bits per heavy atom. The van der Waals surface area contributed by atoms with Crippen molar-refractivity contribution in [2.24, 2.45) is 11.8 Å². The number of carbonyl (C=O) groups is 3. The van der Waals surface area contributed by atoms with Crippen LogP contribution in [0.15, 0.2) is 24.3 Å². The summed E-state index contributed by atoms with van der Waals surface area (Å²) in [6.45, 7) is 2.06. The first-order valence-corrected chi connectivity index (χ1v) is 9.40. The van der Waals surface area contributed by atoms with Crippen LogP contribution >= 0.6 is 0 Å². The first-order valence-electron chi connectivity index (χ1n) is 9.40. The van der Waals surface area contributed by atoms with Crippen LogP contribution in [0.25, 0.3) is 0 Å². The van der Waals surface area contributed by atoms with Gasteiger partial charge in [0.15, 0.2) is 0 Å². The second-order valence-electron chi connectivity index (χ2n) is 7.28. The van der Waals surface area contributed by atoms with Gasteiger partial charge in [-0.15, -0.1) is 0 Å². The molecular formula is C20H26N2O5. The van der Waals surface area contributed by atoms with Crippen LogP contribution in [0.3, 0.4) is 0 Å². The number of ether oxygens (including phenoxy) is 1. The van der Waals surface area contributed by atoms with Gasteiger partial charge in [-0.2, -0.15) is 0 Å². The van der Waals surface area contributed by atoms with E-state index in [1.165, 1.54) is 0 Å². The van der Waals surface area contributed by atoms with Crippen LogP contribution in [-0.2, 0) is 20.8 Å². The van der Waals surface area contributed by atoms with E-state index in [-0.39, 0.29) is 17.7 Å². The fourth-order valence-electron chi connectivity index (χ4n) is 3.93. The van der Waals surface area contributed by atoms with Gasteiger partial charge in [0.2, 0.25) is 11.8 Å². The summed E-state index contributed by atoms with van der Waals surface area (Å²) < 4.78 is 5.19. The zero-order chi connectivity index (χ0) is 19.4. The van der Waals surface area contributed by atoms with Crippen LogP contribution in [0, 0.1) is 11.8 Å². The van der Waals surface area contributed by atoms with Crippen LogP contribution in [-0.4, -0.2) is 66.0 Å². The molecule has 7 heteroatoms. The molecule has 1 saturated heterocycles. The summed E-state index contributed by atoms with van der Waals surface area (Å²) in [4.78, 5) is 39.8. The molecule has 1 aromatic carbocycles. The van der Waals surface area contributed by atoms with E-state index in [0.29, 0.717) is 51.9 Å². The molecule has 0 radical (unpaired) electrons. The second kappa shape index (κ2) is 8.41. The number of hydrogen-bond acceptors (Lipinski definition) is 4. The first kappa shape index (κ1) is 19.2. The van der Waals surface area contributed by atoms with Crippen LogP contribution in [0.1, 0.15) is 24.8 Å². The maximum Gasteiger partial charge on any atom is 0.306 e. The highest BCUT2D eigenvalue weighted by Crippen LogP contribution is 2.32. The van der Waals surface area contributed by atoms with Crippen molar-refractivity contribution in [3.63, 3.8) is 0 Å². The number of carboxylic acids is 1. The Morgan fingerprint density at radius 1 is 1.07 bits per heavy atom. The van der Waals surface area contributed by atoms with E-state index < -0.39 is 11.9 Å². The highest BCUT2D eigenvalue weighted by atomic mass is 16.5. The summed E-state index contributed by atoms with van der Waals surface area (Å²) >= 11 is 0. The molecule has 7 nitrogen and oxygen atoms in total. The van der Waals surface area contributed by atoms with E-state index >= 15 is 0 Å². The van der Waals surface area contributed by atoms with Crippen molar-refractivity contribution in [3.8, 4) is 5.75 Å². The summed E-state index contributed by atoms with van der Waals surface area (Å²) in [6, 6.07) is 7.47. The van der Waals surface area contributed by atoms with Gasteiger partial charge in [-0.05, 0) is 37.0 Å². The largest absolute Gasteiger partial charge is 0.497 e. The van der Waals surface area contributed by atoms with Crippen LogP contribution < -0.4 is 4.74 Å². The number of carboxylic acid groups (broad SMARTS) is 1. The number of hydrogen-bond donors (Lipinski definition) is 1. The van der Waals surface area contributed by atoms with Gasteiger partial charge in [0.05, 0.1) is 19.4 Å². The molecule has 1 aliphatic heterocycles. The van der Waals surface area contributed by atoms with Crippen LogP contribution in [0.4, 0.5) is 0 Å². The number of rotatable bonds is 5. The van der Waals surface area contributed by atoms with Gasteiger partial charge >= 0.3 is 5.97 Å². The Labute approximate surface area is 158 Å². The molecule has 2 aliphatic rings. The molecule has 2 amide bonds. The van der Waals surface area contributed by atoms with Gasteiger partial charge < -0.3 is 19.6 Å². The fraction of sp³-hybridized carbons (Fsp3) is 0.550. The molecule has 27 heavy (non-hydrogen) atoms. The van der Waals surface area contributed by atoms with E-state index in [0.717, 1.165) is 11.3 Å². The molecule has 1 saturated carbocycles. The van der Waals surface area contributed by atoms with Crippen molar-refractivity contribution in [2.75, 3.05) is 33.3 Å². The average Bonchev–Trinajstić information content (AvgIpc) is 3.18. The summed E-state index contributed by atoms with van der Waals surface area (Å²) in [5.74, 6) is -0.583. The molecule has 2 fully saturated rings. The molecule has 0 spiro atoms. The van der Waals surface area contributed by atoms with E-state index in [2.05, 4.69) is 0 Å². The van der Waals surface area contributed by atoms with E-state index in [4.69, 9.17) is 9.84 Å². The minimum absolute atomic E-state index is 0.0404. The number of carbonyl (C=O) groups excluding carboxylic acids is 2. The Hall–Kier alpha value is -2.57. The maximum absolute atomic E-state index is 12.6. The smallest absolute Gasteiger partial charge is 0.306 e. The Bertz CT molecular complexity index is 712. The van der Waals surface area contributed by atoms with Crippen molar-refractivity contribution in [1.29, 1.82) is 0 Å². The Balaban J connectivity index is 1.49. The van der Waals surface area contributed by atoms with Crippen LogP contribution in [0.5, 0.6) is 5.75 Å². The number of piperazine rings is 1. The third-order valence-corrected chi connectivity index (χ3v) is 5.56. The molecular weight excluding hydrogens is 348 g/mol. The lowest BCUT2D eigenvalue weighted by atomic mass is 10.0. The number of amides is 2. The van der Waals surface area contributed by atoms with Crippen molar-refractivity contribution >= 4 is 17.8 Å². The molecule has 1 aliphatic carbocycles. The summed E-state index contributed by atoms with van der Waals surface area (Å²) in [7, 11) is 1.60. The lowest BCUT2D eigenvalue weighted by Crippen LogP contribution is -2.52. The lowest BCUT2D eigenvalue weighted by Gasteiger charge is -2.36. The third kappa shape index (κ3) is 4.59. The molecule has 0 aromatic heterocycles. The van der Waals surface area contributed by atoms with Gasteiger partial charge in [-0.25, -0.2) is 0 Å². The second-order valence-corrected chi connectivity index (χ2v) is 7.28. The predicted molar refractivity (Wildman–Crippen MR) is 98.3 cm³/mol. The summed E-state index contributed by atoms with van der Waals surface area (Å²) in [6.07, 6.45) is 1.97. The number of methoxy groups -OCH3 is 1. The quantitative estimate of drug-likeness (QED) is 0.842. The van der Waals surface area contributed by atoms with E-state index in [1.54, 1.807) is 16.9 Å². The van der Waals surface area contributed by atoms with Gasteiger partial charge in [-0.3, -0.25) is 14.4 Å². The number of nitrogens with zero attached hydrogens (tertiary/aromatic N) is 2. The molecule has 1 N–H and O–H groups in total. The monoisotopic (exact) mass is 374 g/mol. The molecule has 2 atom stereocenters. The number of benzene rings is 1. The molecule has 1 aromatic rings. The van der Waals surface area contributed by atoms with Crippen LogP contribution in [0.2, 0.25) is 0 Å². The van der Waals surface area contributed by atoms with Crippen molar-refractivity contribution < 1.29 is 24.2 Å². The molecule has 146 valence electrons. The third-order valence-electron chi connectivity index (χ3n) is 5.56. The highest BCUT2D eigenvalue weighted by Gasteiger charge is 2.36. The fourth-order valence-corrected chi connectivity index (χ4v) is 3.93. The minimum atomic E-state index is -0.807. The lowest BCUT2D eigenvalue weighted by molar-refractivity contribution is -0.143. The normalized spacial score (nSPS) is 22.6. The topological polar surface area (TPSA) is 87.2 Å². The Morgan fingerprint density at radius 3 is 2.37 bits per heavy atom. The maximum atomic E-state index is 12.6. The molecule has 3 rings (SSSR count). The van der Waals surface area contributed by atoms with Gasteiger partial charge in [0.25, 0.3) is 0 Å². The average molecular weight is 374 g/mol. The van der Waals surface area contributed by atoms with Gasteiger partial charge in [-0.1, -0.05) is 12.1 Å². The van der Waals surface area contributed by atoms with Gasteiger partial charge in [0.1, 0.15) is 5.75 Å². The predicted octanol–water partition coefficient (Wildman–Crippen LogP) is 1.41. The zero-order valence-electron chi connectivity index (χ0n) is 15.6. The zero-order valence-corrected chi connectivity index (χ0v) is 15.6. The summed E-state index contributed by atoms with van der Waals surface area (Å²) in [5.41, 5.74) is 0.906. The van der Waals surface area contributed by atoms with E-state index in [9.17, 15) is 14.4 Å². The highest BCUT2D eigenvalue weighted by molar-refractivity contribution is 5.82. The summed E-state index contributed by atoms with van der Waals surface area (Å²) in [5, 5.41) is 9.10. The van der Waals surface area contributed by atoms with Crippen molar-refractivity contribution in [1.82, 2.24) is 9.80 Å². The Kier molecular flexibility index (Phi) is 5.98. The molecule has 0 bridgehead atoms. The minimum Gasteiger partial charge on any atom is -0.497 e. The standard InChI is InChI=1S/C20H26N2O5/c1-27-17-4-2-3-14(11-17)12-18(23)21-7-9-22(10-8-21)19(24)15-5-6-16(13-15)20(25)26/h2-4,11,15-16H,5-10,12-13H2,1H3,(H,25,26)/t15-,16+/m1/s1. The SMILES string of the molecule is COc1cccc(CC(=O)N2CCN(C(=O)[C@@H]3CC[C@H](C(=O)O)C3)CC2)c1. The van der Waals surface area contributed by atoms with Crippen molar-refractivity contribution in [3.05, 3.63) is 29.8 Å². The van der Waals surface area contributed by atoms with E-state index in [1.807, 2.05) is 24.3 Å². The molecule has 1 heterocycles. The molecule has 0 unspecified atom stereocenters. The van der Waals surface area contributed by atoms with Gasteiger partial charge in [0, 0.05) is 32.1 Å². The first-order chi connectivity index (χ1) is 13.0. The number of aliphatic carboxylic acids is 1. The van der Waals surface area contributed by atoms with Crippen molar-refractivity contribution in [2.45, 2.75) is 25.7 Å².